The van der Waals surface area contributed by atoms with Gasteiger partial charge in [-0.3, -0.25) is 9.59 Å². The summed E-state index contributed by atoms with van der Waals surface area (Å²) in [7, 11) is 0. The van der Waals surface area contributed by atoms with Gasteiger partial charge in [-0.15, -0.1) is 0 Å². The molecule has 0 atom stereocenters. The third kappa shape index (κ3) is 2.43. The number of carbonyl (C=O) groups is 2. The van der Waals surface area contributed by atoms with Crippen LogP contribution in [0.1, 0.15) is 0 Å². The van der Waals surface area contributed by atoms with E-state index in [-0.39, 0.29) is 0 Å². The first-order chi connectivity index (χ1) is 5.71. The molecule has 0 amide bonds. The number of alkyl halides is 4. The van der Waals surface area contributed by atoms with Gasteiger partial charge in [-0.05, 0) is 0 Å². The fourth-order valence-electron chi connectivity index (χ4n) is 0.368. The molecule has 8 heteroatoms. The van der Waals surface area contributed by atoms with E-state index >= 15 is 0 Å². The van der Waals surface area contributed by atoms with Crippen LogP contribution in [0.25, 0.3) is 0 Å². The van der Waals surface area contributed by atoms with Crippen molar-refractivity contribution in [3.63, 3.8) is 0 Å². The van der Waals surface area contributed by atoms with Crippen LogP contribution in [0.15, 0.2) is 0 Å². The molecule has 0 rings (SSSR count). The van der Waals surface area contributed by atoms with Gasteiger partial charge >= 0.3 is 18.8 Å². The molecule has 0 aliphatic carbocycles. The summed E-state index contributed by atoms with van der Waals surface area (Å²) < 4.78 is 69.2. The van der Waals surface area contributed by atoms with E-state index < -0.39 is 30.3 Å². The predicted octanol–water partition coefficient (Wildman–Crippen LogP) is 1.45. The molecule has 0 fully saturated rings. The maximum atomic E-state index is 12.0. The molecule has 1 radical (unpaired) electrons. The lowest BCUT2D eigenvalue weighted by Gasteiger charge is -2.10. The number of Topliss-reactive ketones (excluding diaryl/α,β-unsaturated/α-hetero) is 2. The minimum atomic E-state index is -5.35. The zero-order chi connectivity index (χ0) is 10.8. The second kappa shape index (κ2) is 3.75. The monoisotopic (exact) mass is 207 g/mol. The smallest absolute Gasteiger partial charge is 0.286 e. The Balaban J connectivity index is 4.76. The van der Waals surface area contributed by atoms with Gasteiger partial charge in [-0.25, -0.2) is 8.78 Å². The fourth-order valence-corrected chi connectivity index (χ4v) is 0.368. The van der Waals surface area contributed by atoms with E-state index in [0.29, 0.717) is 0 Å². The molecular formula is C5HF6O2. The molecule has 0 bridgehead atoms. The third-order valence-corrected chi connectivity index (χ3v) is 0.964. The van der Waals surface area contributed by atoms with Crippen LogP contribution in [0.2, 0.25) is 0 Å². The molecule has 0 saturated heterocycles. The summed E-state index contributed by atoms with van der Waals surface area (Å²) in [5.74, 6) is -11.7. The van der Waals surface area contributed by atoms with Crippen LogP contribution in [0.3, 0.4) is 0 Å². The summed E-state index contributed by atoms with van der Waals surface area (Å²) in [5.41, 5.74) is 0. The van der Waals surface area contributed by atoms with E-state index in [1.54, 1.807) is 0 Å². The zero-order valence-electron chi connectivity index (χ0n) is 5.66. The Labute approximate surface area is 67.5 Å². The summed E-state index contributed by atoms with van der Waals surface area (Å²) >= 11 is 0. The van der Waals surface area contributed by atoms with Gasteiger partial charge in [-0.2, -0.15) is 17.6 Å². The van der Waals surface area contributed by atoms with E-state index in [2.05, 4.69) is 0 Å². The summed E-state index contributed by atoms with van der Waals surface area (Å²) in [4.78, 5) is 19.7. The third-order valence-electron chi connectivity index (χ3n) is 0.964. The van der Waals surface area contributed by atoms with E-state index in [1.165, 1.54) is 0 Å². The fraction of sp³-hybridized carbons (Fsp3) is 0.400. The second-order valence-corrected chi connectivity index (χ2v) is 1.83. The quantitative estimate of drug-likeness (QED) is 0.516. The summed E-state index contributed by atoms with van der Waals surface area (Å²) in [6.45, 7) is 0. The topological polar surface area (TPSA) is 34.1 Å². The standard InChI is InChI=1S/C5HF6O2/c6-3(7)1(12)5(10,11)2(13)4(8)9/h3H. The molecule has 0 N–H and O–H groups in total. The minimum absolute atomic E-state index is 3.13. The largest absolute Gasteiger partial charge is 0.381 e. The minimum Gasteiger partial charge on any atom is -0.286 e. The van der Waals surface area contributed by atoms with Crippen LogP contribution in [0.5, 0.6) is 0 Å². The van der Waals surface area contributed by atoms with Gasteiger partial charge in [0.25, 0.3) is 11.6 Å². The lowest BCUT2D eigenvalue weighted by atomic mass is 10.1. The summed E-state index contributed by atoms with van der Waals surface area (Å²) in [6, 6.07) is 0. The van der Waals surface area contributed by atoms with Gasteiger partial charge in [0.15, 0.2) is 0 Å². The number of carbonyl (C=O) groups excluding carboxylic acids is 2. The first-order valence-electron chi connectivity index (χ1n) is 2.64. The van der Waals surface area contributed by atoms with Crippen LogP contribution in [0.4, 0.5) is 26.3 Å². The van der Waals surface area contributed by atoms with Crippen molar-refractivity contribution < 1.29 is 35.9 Å². The van der Waals surface area contributed by atoms with Crippen molar-refractivity contribution >= 4 is 11.6 Å². The Hall–Kier alpha value is -1.08. The molecule has 0 aromatic rings. The van der Waals surface area contributed by atoms with E-state index in [4.69, 9.17) is 0 Å². The molecule has 2 nitrogen and oxygen atoms in total. The Bertz CT molecular complexity index is 201. The summed E-state index contributed by atoms with van der Waals surface area (Å²) in [5, 5.41) is 0. The van der Waals surface area contributed by atoms with Crippen molar-refractivity contribution in [1.29, 1.82) is 0 Å². The van der Waals surface area contributed by atoms with Crippen molar-refractivity contribution in [3.05, 3.63) is 6.43 Å². The lowest BCUT2D eigenvalue weighted by Crippen LogP contribution is -2.42. The summed E-state index contributed by atoms with van der Waals surface area (Å²) in [6.07, 6.45) is -7.56. The Kier molecular flexibility index (Phi) is 3.44. The predicted molar refractivity (Wildman–Crippen MR) is 26.4 cm³/mol. The number of hydrogen-bond acceptors (Lipinski definition) is 2. The van der Waals surface area contributed by atoms with Crippen LogP contribution in [-0.2, 0) is 9.59 Å². The molecule has 0 aliphatic heterocycles. The number of hydrogen-bond donors (Lipinski definition) is 0. The van der Waals surface area contributed by atoms with Crippen LogP contribution in [0, 0.1) is 6.43 Å². The van der Waals surface area contributed by atoms with Crippen molar-refractivity contribution in [2.45, 2.75) is 12.3 Å². The molecule has 0 heterocycles. The molecule has 75 valence electrons. The van der Waals surface area contributed by atoms with Crippen molar-refractivity contribution in [1.82, 2.24) is 0 Å². The highest BCUT2D eigenvalue weighted by molar-refractivity contribution is 6.13. The Morgan fingerprint density at radius 1 is 1.08 bits per heavy atom. The highest BCUT2D eigenvalue weighted by Gasteiger charge is 2.54. The molecule has 0 aromatic carbocycles. The first kappa shape index (κ1) is 11.9. The average Bonchev–Trinajstić information content (AvgIpc) is 2.01. The number of ketones is 2. The van der Waals surface area contributed by atoms with Gasteiger partial charge in [0.1, 0.15) is 0 Å². The second-order valence-electron chi connectivity index (χ2n) is 1.83. The lowest BCUT2D eigenvalue weighted by molar-refractivity contribution is -0.166. The van der Waals surface area contributed by atoms with Gasteiger partial charge < -0.3 is 0 Å². The SMILES string of the molecule is O=C([C](F)F)C(F)(F)C(=O)C(F)F. The molecule has 0 spiro atoms. The maximum absolute atomic E-state index is 12.0. The van der Waals surface area contributed by atoms with Crippen molar-refractivity contribution in [2.75, 3.05) is 0 Å². The van der Waals surface area contributed by atoms with Crippen LogP contribution in [-0.4, -0.2) is 23.9 Å². The van der Waals surface area contributed by atoms with Crippen molar-refractivity contribution in [3.8, 4) is 0 Å². The molecule has 0 unspecified atom stereocenters. The maximum Gasteiger partial charge on any atom is 0.381 e. The van der Waals surface area contributed by atoms with Crippen molar-refractivity contribution in [2.24, 2.45) is 0 Å². The number of rotatable bonds is 4. The highest BCUT2D eigenvalue weighted by atomic mass is 19.3. The van der Waals surface area contributed by atoms with Gasteiger partial charge in [0.2, 0.25) is 0 Å². The Morgan fingerprint density at radius 3 is 1.69 bits per heavy atom. The Morgan fingerprint density at radius 2 is 1.46 bits per heavy atom. The highest BCUT2D eigenvalue weighted by Crippen LogP contribution is 2.25. The average molecular weight is 207 g/mol. The van der Waals surface area contributed by atoms with Gasteiger partial charge in [0.05, 0.1) is 0 Å². The van der Waals surface area contributed by atoms with Gasteiger partial charge in [0, 0.05) is 0 Å². The molecule has 0 aliphatic rings. The van der Waals surface area contributed by atoms with E-state index in [0.717, 1.165) is 0 Å². The molecule has 13 heavy (non-hydrogen) atoms. The molecular weight excluding hydrogens is 206 g/mol. The van der Waals surface area contributed by atoms with E-state index in [9.17, 15) is 35.9 Å². The first-order valence-corrected chi connectivity index (χ1v) is 2.64. The van der Waals surface area contributed by atoms with E-state index in [1.807, 2.05) is 0 Å². The molecule has 0 aromatic heterocycles. The number of halogens is 6. The normalized spacial score (nSPS) is 12.3. The van der Waals surface area contributed by atoms with Gasteiger partial charge in [-0.1, -0.05) is 0 Å². The van der Waals surface area contributed by atoms with Crippen LogP contribution < -0.4 is 0 Å². The van der Waals surface area contributed by atoms with Crippen LogP contribution >= 0.6 is 0 Å². The zero-order valence-corrected chi connectivity index (χ0v) is 5.66. The molecule has 0 saturated carbocycles.